The van der Waals surface area contributed by atoms with E-state index in [9.17, 15) is 13.2 Å². The minimum absolute atomic E-state index is 0.139. The molecule has 0 radical (unpaired) electrons. The second kappa shape index (κ2) is 5.68. The third-order valence-electron chi connectivity index (χ3n) is 2.53. The molecule has 0 saturated heterocycles. The van der Waals surface area contributed by atoms with Gasteiger partial charge in [0.15, 0.2) is 4.67 Å². The molecule has 0 aliphatic rings. The number of hydrogen-bond acceptors (Lipinski definition) is 5. The zero-order valence-electron chi connectivity index (χ0n) is 10.2. The lowest BCUT2D eigenvalue weighted by Crippen LogP contribution is -2.26. The molecule has 0 fully saturated rings. The Hall–Kier alpha value is -1.16. The van der Waals surface area contributed by atoms with Crippen molar-refractivity contribution >= 4 is 43.3 Å². The minimum Gasteiger partial charge on any atom is -0.475 e. The molecular weight excluding hydrogens is 370 g/mol. The molecule has 2 rings (SSSR count). The summed E-state index contributed by atoms with van der Waals surface area (Å²) in [7, 11) is -3.88. The summed E-state index contributed by atoms with van der Waals surface area (Å²) in [6.45, 7) is 1.70. The molecule has 1 unspecified atom stereocenters. The Morgan fingerprint density at radius 3 is 2.75 bits per heavy atom. The minimum atomic E-state index is -3.88. The molecule has 0 aliphatic heterocycles. The maximum absolute atomic E-state index is 12.2. The fraction of sp³-hybridized carbons (Fsp3) is 0.182. The van der Waals surface area contributed by atoms with Gasteiger partial charge in [-0.1, -0.05) is 0 Å². The van der Waals surface area contributed by atoms with Crippen molar-refractivity contribution in [2.45, 2.75) is 17.9 Å². The number of carbonyl (C=O) groups is 1. The average molecular weight is 380 g/mol. The summed E-state index contributed by atoms with van der Waals surface area (Å²) in [5.41, 5.74) is 0.830. The van der Waals surface area contributed by atoms with E-state index in [2.05, 4.69) is 20.7 Å². The second-order valence-electron chi connectivity index (χ2n) is 3.95. The van der Waals surface area contributed by atoms with Crippen LogP contribution in [0.1, 0.15) is 29.1 Å². The van der Waals surface area contributed by atoms with E-state index in [1.807, 2.05) is 16.8 Å². The summed E-state index contributed by atoms with van der Waals surface area (Å²) in [6.07, 6.45) is 0. The van der Waals surface area contributed by atoms with Crippen molar-refractivity contribution in [1.29, 1.82) is 0 Å². The first-order valence-corrected chi connectivity index (χ1v) is 8.60. The highest BCUT2D eigenvalue weighted by atomic mass is 79.9. The van der Waals surface area contributed by atoms with Crippen LogP contribution in [-0.4, -0.2) is 19.5 Å². The van der Waals surface area contributed by atoms with Crippen molar-refractivity contribution < 1.29 is 22.7 Å². The van der Waals surface area contributed by atoms with E-state index in [0.717, 1.165) is 11.6 Å². The smallest absolute Gasteiger partial charge is 0.371 e. The molecule has 20 heavy (non-hydrogen) atoms. The number of carboxylic acid groups (broad SMARTS) is 1. The van der Waals surface area contributed by atoms with Gasteiger partial charge in [-0.25, -0.2) is 17.9 Å². The van der Waals surface area contributed by atoms with Crippen LogP contribution in [0.4, 0.5) is 0 Å². The number of aromatic carboxylic acids is 1. The van der Waals surface area contributed by atoms with Crippen molar-refractivity contribution in [3.63, 3.8) is 0 Å². The van der Waals surface area contributed by atoms with Crippen molar-refractivity contribution in [3.8, 4) is 0 Å². The molecule has 0 aliphatic carbocycles. The third kappa shape index (κ3) is 3.11. The standard InChI is InChI=1S/C11H10BrNO5S2/c1-6(7-2-3-19-5-7)13-20(16,17)9-4-8(11(14)15)18-10(9)12/h2-6,13H,1H3,(H,14,15). The van der Waals surface area contributed by atoms with E-state index >= 15 is 0 Å². The van der Waals surface area contributed by atoms with Crippen LogP contribution in [0.5, 0.6) is 0 Å². The third-order valence-corrected chi connectivity index (χ3v) is 5.63. The zero-order valence-corrected chi connectivity index (χ0v) is 13.4. The van der Waals surface area contributed by atoms with Gasteiger partial charge in [0, 0.05) is 12.1 Å². The number of rotatable bonds is 5. The van der Waals surface area contributed by atoms with Crippen LogP contribution >= 0.6 is 27.3 Å². The molecule has 2 aromatic heterocycles. The van der Waals surface area contributed by atoms with E-state index in [0.29, 0.717) is 0 Å². The highest BCUT2D eigenvalue weighted by Crippen LogP contribution is 2.27. The van der Waals surface area contributed by atoms with Crippen molar-refractivity contribution in [1.82, 2.24) is 4.72 Å². The summed E-state index contributed by atoms with van der Waals surface area (Å²) < 4.78 is 31.6. The Kier molecular flexibility index (Phi) is 4.33. The molecular formula is C11H10BrNO5S2. The largest absolute Gasteiger partial charge is 0.475 e. The van der Waals surface area contributed by atoms with Gasteiger partial charge in [-0.3, -0.25) is 0 Å². The van der Waals surface area contributed by atoms with Crippen LogP contribution < -0.4 is 4.72 Å². The summed E-state index contributed by atoms with van der Waals surface area (Å²) in [6, 6.07) is 2.35. The molecule has 0 spiro atoms. The monoisotopic (exact) mass is 379 g/mol. The summed E-state index contributed by atoms with van der Waals surface area (Å²) in [5.74, 6) is -1.78. The predicted molar refractivity (Wildman–Crippen MR) is 76.4 cm³/mol. The summed E-state index contributed by atoms with van der Waals surface area (Å²) in [4.78, 5) is 10.5. The number of sulfonamides is 1. The maximum atomic E-state index is 12.2. The van der Waals surface area contributed by atoms with Gasteiger partial charge in [-0.2, -0.15) is 11.3 Å². The quantitative estimate of drug-likeness (QED) is 0.832. The van der Waals surface area contributed by atoms with Crippen LogP contribution in [0.15, 0.2) is 36.9 Å². The van der Waals surface area contributed by atoms with Gasteiger partial charge in [0.2, 0.25) is 15.8 Å². The number of thiophene rings is 1. The van der Waals surface area contributed by atoms with Crippen LogP contribution in [0.25, 0.3) is 0 Å². The molecule has 108 valence electrons. The molecule has 2 N–H and O–H groups in total. The average Bonchev–Trinajstić information content (AvgIpc) is 2.96. The number of furan rings is 1. The lowest BCUT2D eigenvalue weighted by atomic mass is 10.2. The van der Waals surface area contributed by atoms with Crippen LogP contribution in [0.2, 0.25) is 0 Å². The molecule has 2 aromatic rings. The number of hydrogen-bond donors (Lipinski definition) is 2. The first-order chi connectivity index (χ1) is 9.31. The Bertz CT molecular complexity index is 720. The topological polar surface area (TPSA) is 96.6 Å². The van der Waals surface area contributed by atoms with Crippen LogP contribution in [0.3, 0.4) is 0 Å². The zero-order chi connectivity index (χ0) is 14.9. The lowest BCUT2D eigenvalue weighted by molar-refractivity contribution is 0.0661. The molecule has 0 amide bonds. The van der Waals surface area contributed by atoms with E-state index in [1.54, 1.807) is 6.92 Å². The SMILES string of the molecule is CC(NS(=O)(=O)c1cc(C(=O)O)oc1Br)c1ccsc1. The predicted octanol–water partition coefficient (Wildman–Crippen LogP) is 2.84. The highest BCUT2D eigenvalue weighted by molar-refractivity contribution is 9.10. The van der Waals surface area contributed by atoms with E-state index in [1.165, 1.54) is 11.3 Å². The summed E-state index contributed by atoms with van der Waals surface area (Å²) in [5, 5.41) is 12.5. The Balaban J connectivity index is 2.29. The number of halogens is 1. The van der Waals surface area contributed by atoms with Crippen molar-refractivity contribution in [3.05, 3.63) is 38.9 Å². The van der Waals surface area contributed by atoms with Gasteiger partial charge in [-0.15, -0.1) is 0 Å². The van der Waals surface area contributed by atoms with Gasteiger partial charge < -0.3 is 9.52 Å². The van der Waals surface area contributed by atoms with Gasteiger partial charge in [0.25, 0.3) is 0 Å². The lowest BCUT2D eigenvalue weighted by Gasteiger charge is -2.12. The second-order valence-corrected chi connectivity index (χ2v) is 7.14. The highest BCUT2D eigenvalue weighted by Gasteiger charge is 2.26. The number of nitrogens with one attached hydrogen (secondary N) is 1. The first kappa shape index (κ1) is 15.2. The van der Waals surface area contributed by atoms with Crippen molar-refractivity contribution in [2.75, 3.05) is 0 Å². The molecule has 1 atom stereocenters. The fourth-order valence-corrected chi connectivity index (χ4v) is 4.45. The molecule has 2 heterocycles. The Morgan fingerprint density at radius 2 is 2.25 bits per heavy atom. The van der Waals surface area contributed by atoms with E-state index < -0.39 is 27.8 Å². The normalized spacial score (nSPS) is 13.3. The van der Waals surface area contributed by atoms with E-state index in [4.69, 9.17) is 9.52 Å². The van der Waals surface area contributed by atoms with E-state index in [-0.39, 0.29) is 9.56 Å². The fourth-order valence-electron chi connectivity index (χ4n) is 1.53. The van der Waals surface area contributed by atoms with Gasteiger partial charge >= 0.3 is 5.97 Å². The molecule has 0 saturated carbocycles. The maximum Gasteiger partial charge on any atom is 0.371 e. The Morgan fingerprint density at radius 1 is 1.55 bits per heavy atom. The van der Waals surface area contributed by atoms with Crippen LogP contribution in [-0.2, 0) is 10.0 Å². The van der Waals surface area contributed by atoms with Gasteiger partial charge in [0.05, 0.1) is 0 Å². The van der Waals surface area contributed by atoms with Crippen molar-refractivity contribution in [2.24, 2.45) is 0 Å². The van der Waals surface area contributed by atoms with Gasteiger partial charge in [-0.05, 0) is 45.2 Å². The number of carboxylic acids is 1. The first-order valence-electron chi connectivity index (χ1n) is 5.38. The molecule has 0 bridgehead atoms. The van der Waals surface area contributed by atoms with Gasteiger partial charge in [0.1, 0.15) is 4.90 Å². The summed E-state index contributed by atoms with van der Waals surface area (Å²) >= 11 is 4.37. The molecule has 9 heteroatoms. The molecule has 6 nitrogen and oxygen atoms in total. The molecule has 0 aromatic carbocycles. The van der Waals surface area contributed by atoms with Crippen LogP contribution in [0, 0.1) is 0 Å². The Labute approximate surface area is 127 Å².